The quantitative estimate of drug-likeness (QED) is 0.793. The van der Waals surface area contributed by atoms with Crippen molar-refractivity contribution >= 4 is 22.8 Å². The van der Waals surface area contributed by atoms with Gasteiger partial charge in [0.05, 0.1) is 14.2 Å². The van der Waals surface area contributed by atoms with E-state index in [9.17, 15) is 13.2 Å². The van der Waals surface area contributed by atoms with Crippen LogP contribution in [-0.2, 0) is 0 Å². The molecule has 0 fully saturated rings. The average Bonchev–Trinajstić information content (AvgIpc) is 2.43. The zero-order valence-corrected chi connectivity index (χ0v) is 12.3. The first-order chi connectivity index (χ1) is 9.84. The van der Waals surface area contributed by atoms with E-state index in [-0.39, 0.29) is 5.88 Å². The van der Waals surface area contributed by atoms with Gasteiger partial charge in [0, 0.05) is 17.1 Å². The van der Waals surface area contributed by atoms with E-state index in [1.807, 2.05) is 0 Å². The van der Waals surface area contributed by atoms with Gasteiger partial charge in [-0.05, 0) is 24.4 Å². The van der Waals surface area contributed by atoms with Gasteiger partial charge in [-0.1, -0.05) is 0 Å². The summed E-state index contributed by atoms with van der Waals surface area (Å²) in [5.74, 6) is 0.882. The van der Waals surface area contributed by atoms with E-state index in [0.29, 0.717) is 22.6 Å². The maximum Gasteiger partial charge on any atom is 0.479 e. The molecule has 0 atom stereocenters. The highest BCUT2D eigenvalue weighted by atomic mass is 32.2. The Morgan fingerprint density at radius 3 is 2.24 bits per heavy atom. The lowest BCUT2D eigenvalue weighted by molar-refractivity contribution is -0.0370. The van der Waals surface area contributed by atoms with Gasteiger partial charge in [0.15, 0.2) is 23.5 Å². The van der Waals surface area contributed by atoms with Crippen LogP contribution in [-0.4, -0.2) is 24.7 Å². The van der Waals surface area contributed by atoms with Crippen molar-refractivity contribution in [3.05, 3.63) is 23.9 Å². The van der Waals surface area contributed by atoms with Crippen LogP contribution in [0.5, 0.6) is 17.4 Å². The minimum absolute atomic E-state index is 0.116. The largest absolute Gasteiger partial charge is 0.493 e. The Morgan fingerprint density at radius 2 is 1.67 bits per heavy atom. The molecule has 0 N–H and O–H groups in total. The smallest absolute Gasteiger partial charge is 0.479 e. The zero-order valence-electron chi connectivity index (χ0n) is 11.4. The Bertz CT molecular complexity index is 661. The summed E-state index contributed by atoms with van der Waals surface area (Å²) in [5, 5.41) is 1.40. The molecule has 21 heavy (non-hydrogen) atoms. The van der Waals surface area contributed by atoms with Crippen LogP contribution in [0.1, 0.15) is 5.69 Å². The summed E-state index contributed by atoms with van der Waals surface area (Å²) in [6.45, 7) is 1.68. The van der Waals surface area contributed by atoms with E-state index < -0.39 is 17.6 Å². The fraction of sp³-hybridized carbons (Fsp3) is 0.308. The number of halogens is 3. The van der Waals surface area contributed by atoms with Crippen LogP contribution in [0.15, 0.2) is 18.2 Å². The number of hydrogen-bond acceptors (Lipinski definition) is 5. The van der Waals surface area contributed by atoms with E-state index in [1.165, 1.54) is 20.3 Å². The Labute approximate surface area is 123 Å². The monoisotopic (exact) mass is 319 g/mol. The van der Waals surface area contributed by atoms with Crippen molar-refractivity contribution < 1.29 is 26.8 Å². The topological polar surface area (TPSA) is 40.6 Å². The average molecular weight is 319 g/mol. The van der Waals surface area contributed by atoms with Gasteiger partial charge in [0.1, 0.15) is 0 Å². The molecule has 0 bridgehead atoms. The van der Waals surface area contributed by atoms with Gasteiger partial charge in [-0.15, -0.1) is 0 Å². The summed E-state index contributed by atoms with van der Waals surface area (Å²) in [5.41, 5.74) is -3.95. The number of ether oxygens (including phenoxy) is 2. The lowest BCUT2D eigenvalue weighted by Gasteiger charge is -2.12. The predicted octanol–water partition coefficient (Wildman–Crippen LogP) is 4.11. The van der Waals surface area contributed by atoms with Gasteiger partial charge in [-0.3, -0.25) is 0 Å². The van der Waals surface area contributed by atoms with E-state index in [4.69, 9.17) is 9.47 Å². The predicted molar refractivity (Wildman–Crippen MR) is 73.9 cm³/mol. The number of hydrogen-bond donors (Lipinski definition) is 0. The molecule has 0 aliphatic carbocycles. The molecule has 0 amide bonds. The Hall–Kier alpha value is -1.83. The zero-order chi connectivity index (χ0) is 15.6. The number of aryl methyl sites for hydroxylation is 1. The van der Waals surface area contributed by atoms with Crippen LogP contribution in [0.2, 0.25) is 0 Å². The molecule has 8 heteroatoms. The SMILES string of the molecule is COc1cc2cc(OSC(F)(F)F)nc(C)c2cc1OC. The summed E-state index contributed by atoms with van der Waals surface area (Å²) >= 11 is -0.597. The number of pyridine rings is 1. The lowest BCUT2D eigenvalue weighted by Crippen LogP contribution is -2.03. The van der Waals surface area contributed by atoms with Gasteiger partial charge in [0.25, 0.3) is 0 Å². The van der Waals surface area contributed by atoms with Crippen molar-refractivity contribution in [2.45, 2.75) is 12.4 Å². The van der Waals surface area contributed by atoms with E-state index in [1.54, 1.807) is 19.1 Å². The highest BCUT2D eigenvalue weighted by Gasteiger charge is 2.31. The van der Waals surface area contributed by atoms with Crippen LogP contribution in [0, 0.1) is 6.92 Å². The second-order valence-corrected chi connectivity index (χ2v) is 4.88. The molecule has 0 unspecified atom stereocenters. The molecular weight excluding hydrogens is 307 g/mol. The second-order valence-electron chi connectivity index (χ2n) is 4.09. The number of alkyl halides is 3. The highest BCUT2D eigenvalue weighted by Crippen LogP contribution is 2.36. The van der Waals surface area contributed by atoms with Crippen molar-refractivity contribution in [3.63, 3.8) is 0 Å². The Morgan fingerprint density at radius 1 is 1.05 bits per heavy atom. The van der Waals surface area contributed by atoms with E-state index in [2.05, 4.69) is 9.17 Å². The third kappa shape index (κ3) is 3.63. The van der Waals surface area contributed by atoms with Crippen LogP contribution in [0.3, 0.4) is 0 Å². The van der Waals surface area contributed by atoms with Crippen molar-refractivity contribution in [2.24, 2.45) is 0 Å². The van der Waals surface area contributed by atoms with Gasteiger partial charge < -0.3 is 13.7 Å². The Kier molecular flexibility index (Phi) is 4.36. The first-order valence-electron chi connectivity index (χ1n) is 5.80. The number of rotatable bonds is 4. The summed E-state index contributed by atoms with van der Waals surface area (Å²) in [7, 11) is 2.98. The summed E-state index contributed by atoms with van der Waals surface area (Å²) in [6.07, 6.45) is 0. The fourth-order valence-corrected chi connectivity index (χ4v) is 2.12. The normalized spacial score (nSPS) is 11.5. The molecule has 0 saturated carbocycles. The molecule has 114 valence electrons. The third-order valence-electron chi connectivity index (χ3n) is 2.72. The molecule has 4 nitrogen and oxygen atoms in total. The number of fused-ring (bicyclic) bond motifs is 1. The molecule has 0 spiro atoms. The first-order valence-corrected chi connectivity index (χ1v) is 6.54. The molecule has 0 saturated heterocycles. The molecule has 0 radical (unpaired) electrons. The maximum absolute atomic E-state index is 12.1. The maximum atomic E-state index is 12.1. The molecule has 1 heterocycles. The van der Waals surface area contributed by atoms with Crippen LogP contribution < -0.4 is 13.7 Å². The van der Waals surface area contributed by atoms with Gasteiger partial charge in [-0.25, -0.2) is 4.98 Å². The van der Waals surface area contributed by atoms with Crippen molar-refractivity contribution in [1.29, 1.82) is 0 Å². The lowest BCUT2D eigenvalue weighted by atomic mass is 10.1. The second kappa shape index (κ2) is 5.88. The van der Waals surface area contributed by atoms with Gasteiger partial charge in [0.2, 0.25) is 5.88 Å². The van der Waals surface area contributed by atoms with Crippen molar-refractivity contribution in [1.82, 2.24) is 4.98 Å². The standard InChI is InChI=1S/C13H12F3NO3S/c1-7-9-6-11(19-3)10(18-2)4-8(9)5-12(17-7)20-21-13(14,15)16/h4-6H,1-3H3. The van der Waals surface area contributed by atoms with Crippen LogP contribution in [0.25, 0.3) is 10.8 Å². The summed E-state index contributed by atoms with van der Waals surface area (Å²) in [6, 6.07) is 4.80. The van der Waals surface area contributed by atoms with Gasteiger partial charge in [-0.2, -0.15) is 13.2 Å². The molecule has 0 aliphatic heterocycles. The van der Waals surface area contributed by atoms with Crippen LogP contribution in [0.4, 0.5) is 13.2 Å². The summed E-state index contributed by atoms with van der Waals surface area (Å²) in [4.78, 5) is 4.00. The fourth-order valence-electron chi connectivity index (χ4n) is 1.85. The highest BCUT2D eigenvalue weighted by molar-refractivity contribution is 7.95. The van der Waals surface area contributed by atoms with Crippen LogP contribution >= 0.6 is 12.0 Å². The summed E-state index contributed by atoms with van der Waals surface area (Å²) < 4.78 is 51.4. The third-order valence-corrected chi connectivity index (χ3v) is 3.17. The molecular formula is C13H12F3NO3S. The number of methoxy groups -OCH3 is 2. The molecule has 0 aliphatic rings. The number of nitrogens with zero attached hydrogens (tertiary/aromatic N) is 1. The molecule has 1 aromatic heterocycles. The minimum Gasteiger partial charge on any atom is -0.493 e. The van der Waals surface area contributed by atoms with Gasteiger partial charge >= 0.3 is 5.51 Å². The molecule has 1 aromatic carbocycles. The molecule has 2 aromatic rings. The Balaban J connectivity index is 2.44. The van der Waals surface area contributed by atoms with Crippen molar-refractivity contribution in [3.8, 4) is 17.4 Å². The molecule has 2 rings (SSSR count). The number of aromatic nitrogens is 1. The van der Waals surface area contributed by atoms with E-state index in [0.717, 1.165) is 5.39 Å². The minimum atomic E-state index is -4.48. The number of benzene rings is 1. The van der Waals surface area contributed by atoms with Crippen molar-refractivity contribution in [2.75, 3.05) is 14.2 Å². The first kappa shape index (κ1) is 15.6. The van der Waals surface area contributed by atoms with E-state index >= 15 is 0 Å².